The highest BCUT2D eigenvalue weighted by Crippen LogP contribution is 2.28. The van der Waals surface area contributed by atoms with Crippen LogP contribution < -0.4 is 10.2 Å². The number of rotatable bonds is 6. The van der Waals surface area contributed by atoms with E-state index in [2.05, 4.69) is 56.2 Å². The Hall–Kier alpha value is -2.02. The van der Waals surface area contributed by atoms with Crippen molar-refractivity contribution in [1.82, 2.24) is 20.1 Å². The molecule has 26 heavy (non-hydrogen) atoms. The molecule has 2 aromatic rings. The molecule has 1 N–H and O–H groups in total. The summed E-state index contributed by atoms with van der Waals surface area (Å²) in [6.07, 6.45) is 3.63. The van der Waals surface area contributed by atoms with Gasteiger partial charge >= 0.3 is 0 Å². The van der Waals surface area contributed by atoms with Crippen LogP contribution in [0.4, 0.5) is 5.95 Å². The summed E-state index contributed by atoms with van der Waals surface area (Å²) in [6.45, 7) is 8.01. The van der Waals surface area contributed by atoms with E-state index in [9.17, 15) is 4.79 Å². The van der Waals surface area contributed by atoms with Gasteiger partial charge in [0.1, 0.15) is 0 Å². The highest BCUT2D eigenvalue weighted by Gasteiger charge is 2.22. The van der Waals surface area contributed by atoms with E-state index in [0.717, 1.165) is 29.9 Å². The number of amides is 1. The number of benzene rings is 1. The van der Waals surface area contributed by atoms with E-state index in [-0.39, 0.29) is 11.9 Å². The second-order valence-electron chi connectivity index (χ2n) is 7.01. The van der Waals surface area contributed by atoms with Crippen LogP contribution in [0.5, 0.6) is 0 Å². The monoisotopic (exact) mass is 373 g/mol. The summed E-state index contributed by atoms with van der Waals surface area (Å²) >= 11 is 1.43. The number of piperidine rings is 1. The average Bonchev–Trinajstić information content (AvgIpc) is 3.05. The molecule has 1 aliphatic rings. The molecule has 0 aliphatic carbocycles. The first-order valence-electron chi connectivity index (χ1n) is 9.24. The van der Waals surface area contributed by atoms with Gasteiger partial charge in [0.25, 0.3) is 0 Å². The van der Waals surface area contributed by atoms with Crippen LogP contribution >= 0.6 is 11.8 Å². The van der Waals surface area contributed by atoms with Gasteiger partial charge in [0.05, 0.1) is 11.4 Å². The van der Waals surface area contributed by atoms with Crippen LogP contribution in [0.3, 0.4) is 0 Å². The molecule has 1 aromatic heterocycles. The Morgan fingerprint density at radius 2 is 1.85 bits per heavy atom. The number of aromatic nitrogens is 3. The number of nitrogens with one attached hydrogen (secondary N) is 1. The molecule has 1 saturated heterocycles. The molecule has 1 aromatic carbocycles. The predicted molar refractivity (Wildman–Crippen MR) is 106 cm³/mol. The van der Waals surface area contributed by atoms with Crippen molar-refractivity contribution in [1.29, 1.82) is 0 Å². The molecule has 0 radical (unpaired) electrons. The summed E-state index contributed by atoms with van der Waals surface area (Å²) in [7, 11) is 0. The minimum atomic E-state index is 0.0166. The molecular weight excluding hydrogens is 346 g/mol. The second-order valence-corrected chi connectivity index (χ2v) is 7.95. The van der Waals surface area contributed by atoms with Crippen molar-refractivity contribution in [3.63, 3.8) is 0 Å². The Bertz CT molecular complexity index is 735. The molecule has 1 fully saturated rings. The van der Waals surface area contributed by atoms with E-state index >= 15 is 0 Å². The lowest BCUT2D eigenvalue weighted by molar-refractivity contribution is -0.119. The lowest BCUT2D eigenvalue weighted by Gasteiger charge is -2.27. The highest BCUT2D eigenvalue weighted by atomic mass is 32.2. The van der Waals surface area contributed by atoms with Gasteiger partial charge < -0.3 is 10.2 Å². The highest BCUT2D eigenvalue weighted by molar-refractivity contribution is 7.99. The van der Waals surface area contributed by atoms with Crippen LogP contribution in [0.1, 0.15) is 38.7 Å². The summed E-state index contributed by atoms with van der Waals surface area (Å²) in [5, 5.41) is 12.5. The first-order chi connectivity index (χ1) is 12.5. The minimum Gasteiger partial charge on any atom is -0.353 e. The number of nitrogens with zero attached hydrogens (tertiary/aromatic N) is 4. The first-order valence-corrected chi connectivity index (χ1v) is 10.2. The number of anilines is 1. The summed E-state index contributed by atoms with van der Waals surface area (Å²) in [5.74, 6) is 1.23. The zero-order valence-corrected chi connectivity index (χ0v) is 16.6. The second kappa shape index (κ2) is 8.58. The quantitative estimate of drug-likeness (QED) is 0.788. The summed E-state index contributed by atoms with van der Waals surface area (Å²) in [6, 6.07) is 8.50. The van der Waals surface area contributed by atoms with Crippen molar-refractivity contribution in [3.8, 4) is 5.69 Å². The Labute approximate surface area is 159 Å². The summed E-state index contributed by atoms with van der Waals surface area (Å²) in [5.41, 5.74) is 2.25. The third-order valence-corrected chi connectivity index (χ3v) is 5.26. The van der Waals surface area contributed by atoms with Gasteiger partial charge in [0.2, 0.25) is 11.9 Å². The third kappa shape index (κ3) is 4.58. The smallest absolute Gasteiger partial charge is 0.232 e. The van der Waals surface area contributed by atoms with Gasteiger partial charge in [-0.05, 0) is 52.2 Å². The lowest BCUT2D eigenvalue weighted by atomic mass is 10.1. The zero-order valence-electron chi connectivity index (χ0n) is 15.7. The largest absolute Gasteiger partial charge is 0.353 e. The van der Waals surface area contributed by atoms with Gasteiger partial charge in [0.15, 0.2) is 5.16 Å². The van der Waals surface area contributed by atoms with Crippen LogP contribution in [-0.2, 0) is 4.79 Å². The number of aryl methyl sites for hydroxylation is 1. The van der Waals surface area contributed by atoms with Crippen molar-refractivity contribution >= 4 is 23.6 Å². The van der Waals surface area contributed by atoms with Crippen molar-refractivity contribution in [3.05, 3.63) is 29.8 Å². The summed E-state index contributed by atoms with van der Waals surface area (Å²) < 4.78 is 2.08. The third-order valence-electron chi connectivity index (χ3n) is 4.33. The van der Waals surface area contributed by atoms with Crippen molar-refractivity contribution in [2.75, 3.05) is 23.7 Å². The predicted octanol–water partition coefficient (Wildman–Crippen LogP) is 3.18. The van der Waals surface area contributed by atoms with E-state index < -0.39 is 0 Å². The molecule has 0 bridgehead atoms. The van der Waals surface area contributed by atoms with E-state index in [1.165, 1.54) is 36.6 Å². The normalized spacial score (nSPS) is 14.7. The van der Waals surface area contributed by atoms with E-state index in [1.54, 1.807) is 0 Å². The molecule has 0 atom stereocenters. The molecular formula is C19H27N5OS. The molecule has 140 valence electrons. The molecule has 0 spiro atoms. The van der Waals surface area contributed by atoms with Crippen LogP contribution in [-0.4, -0.2) is 45.6 Å². The number of carbonyl (C=O) groups excluding carboxylic acids is 1. The molecule has 1 aliphatic heterocycles. The fraction of sp³-hybridized carbons (Fsp3) is 0.526. The van der Waals surface area contributed by atoms with Gasteiger partial charge in [0, 0.05) is 19.1 Å². The fourth-order valence-electron chi connectivity index (χ4n) is 3.07. The van der Waals surface area contributed by atoms with Crippen LogP contribution in [0.15, 0.2) is 29.4 Å². The molecule has 1 amide bonds. The number of hydrogen-bond donors (Lipinski definition) is 1. The molecule has 6 nitrogen and oxygen atoms in total. The summed E-state index contributed by atoms with van der Waals surface area (Å²) in [4.78, 5) is 14.3. The minimum absolute atomic E-state index is 0.0166. The van der Waals surface area contributed by atoms with Gasteiger partial charge in [-0.2, -0.15) is 0 Å². The molecule has 0 unspecified atom stereocenters. The van der Waals surface area contributed by atoms with Crippen molar-refractivity contribution < 1.29 is 4.79 Å². The SMILES string of the molecule is Cc1ccc(-n2c(SCC(=O)NC(C)C)nnc2N2CCCCC2)cc1. The molecule has 7 heteroatoms. The first kappa shape index (κ1) is 18.8. The Balaban J connectivity index is 1.87. The molecule has 0 saturated carbocycles. The van der Waals surface area contributed by atoms with Crippen LogP contribution in [0.2, 0.25) is 0 Å². The van der Waals surface area contributed by atoms with Gasteiger partial charge in [-0.25, -0.2) is 0 Å². The standard InChI is InChI=1S/C19H27N5OS/c1-14(2)20-17(25)13-26-19-22-21-18(23-11-5-4-6-12-23)24(19)16-9-7-15(3)8-10-16/h7-10,14H,4-6,11-13H2,1-3H3,(H,20,25). The maximum atomic E-state index is 12.0. The van der Waals surface area contributed by atoms with Crippen LogP contribution in [0, 0.1) is 6.92 Å². The number of hydrogen-bond acceptors (Lipinski definition) is 5. The van der Waals surface area contributed by atoms with Crippen molar-refractivity contribution in [2.45, 2.75) is 51.2 Å². The van der Waals surface area contributed by atoms with Gasteiger partial charge in [-0.3, -0.25) is 9.36 Å². The van der Waals surface area contributed by atoms with Crippen molar-refractivity contribution in [2.24, 2.45) is 0 Å². The Kier molecular flexibility index (Phi) is 6.19. The van der Waals surface area contributed by atoms with Crippen LogP contribution in [0.25, 0.3) is 5.69 Å². The zero-order chi connectivity index (χ0) is 18.5. The lowest BCUT2D eigenvalue weighted by Crippen LogP contribution is -2.32. The topological polar surface area (TPSA) is 63.1 Å². The van der Waals surface area contributed by atoms with Gasteiger partial charge in [-0.1, -0.05) is 29.5 Å². The maximum absolute atomic E-state index is 12.0. The molecule has 2 heterocycles. The molecule has 3 rings (SSSR count). The van der Waals surface area contributed by atoms with E-state index in [1.807, 2.05) is 13.8 Å². The average molecular weight is 374 g/mol. The fourth-order valence-corrected chi connectivity index (χ4v) is 3.83. The maximum Gasteiger partial charge on any atom is 0.232 e. The Morgan fingerprint density at radius 1 is 1.15 bits per heavy atom. The van der Waals surface area contributed by atoms with Gasteiger partial charge in [-0.15, -0.1) is 10.2 Å². The van der Waals surface area contributed by atoms with E-state index in [4.69, 9.17) is 0 Å². The number of thioether (sulfide) groups is 1. The Morgan fingerprint density at radius 3 is 2.50 bits per heavy atom. The van der Waals surface area contributed by atoms with E-state index in [0.29, 0.717) is 5.75 Å². The number of carbonyl (C=O) groups is 1.